The Kier molecular flexibility index (Phi) is 5.29. The van der Waals surface area contributed by atoms with E-state index in [1.165, 1.54) is 0 Å². The number of aromatic amines is 1. The van der Waals surface area contributed by atoms with Gasteiger partial charge in [0.1, 0.15) is 17.1 Å². The van der Waals surface area contributed by atoms with Crippen LogP contribution in [0.2, 0.25) is 0 Å². The Balaban J connectivity index is 1.78. The van der Waals surface area contributed by atoms with Crippen LogP contribution in [0.15, 0.2) is 29.1 Å². The highest BCUT2D eigenvalue weighted by Crippen LogP contribution is 2.21. The number of rotatable bonds is 1. The minimum absolute atomic E-state index is 0.0671. The number of anilines is 1. The van der Waals surface area contributed by atoms with Crippen molar-refractivity contribution in [1.82, 2.24) is 19.5 Å². The van der Waals surface area contributed by atoms with Crippen LogP contribution in [0.5, 0.6) is 5.75 Å². The molecule has 8 heteroatoms. The average Bonchev–Trinajstić information content (AvgIpc) is 2.99. The summed E-state index contributed by atoms with van der Waals surface area (Å²) in [5, 5.41) is 9.74. The second-order valence-electron chi connectivity index (χ2n) is 7.34. The molecule has 1 aromatic carbocycles. The molecule has 2 aromatic heterocycles. The fourth-order valence-corrected chi connectivity index (χ4v) is 3.67. The van der Waals surface area contributed by atoms with Crippen molar-refractivity contribution < 1.29 is 9.84 Å². The normalized spacial score (nSPS) is 18.2. The second-order valence-corrected chi connectivity index (χ2v) is 7.34. The van der Waals surface area contributed by atoms with Crippen LogP contribution in [0.3, 0.4) is 0 Å². The number of nitrogens with zero attached hydrogens (tertiary/aromatic N) is 3. The number of aliphatic hydroxyl groups excluding tert-OH is 1. The molecule has 3 heterocycles. The van der Waals surface area contributed by atoms with E-state index in [0.29, 0.717) is 36.6 Å². The lowest BCUT2D eigenvalue weighted by Crippen LogP contribution is -2.18. The smallest absolute Gasteiger partial charge is 0.328 e. The number of aliphatic hydroxyl groups is 1. The summed E-state index contributed by atoms with van der Waals surface area (Å²) >= 11 is 0. The van der Waals surface area contributed by atoms with Gasteiger partial charge in [-0.1, -0.05) is 25.0 Å². The average molecular weight is 383 g/mol. The van der Waals surface area contributed by atoms with Crippen molar-refractivity contribution in [3.63, 3.8) is 0 Å². The van der Waals surface area contributed by atoms with E-state index in [9.17, 15) is 9.90 Å². The van der Waals surface area contributed by atoms with E-state index < -0.39 is 0 Å². The monoisotopic (exact) mass is 383 g/mol. The van der Waals surface area contributed by atoms with Gasteiger partial charge in [-0.15, -0.1) is 0 Å². The zero-order valence-electron chi connectivity index (χ0n) is 15.7. The Hall–Kier alpha value is -2.87. The first-order valence-electron chi connectivity index (χ1n) is 9.71. The van der Waals surface area contributed by atoms with Crippen molar-refractivity contribution in [3.05, 3.63) is 46.1 Å². The summed E-state index contributed by atoms with van der Waals surface area (Å²) in [4.78, 5) is 24.2. The first kappa shape index (κ1) is 18.5. The Labute approximate surface area is 162 Å². The van der Waals surface area contributed by atoms with Crippen LogP contribution in [0, 0.1) is 5.92 Å². The van der Waals surface area contributed by atoms with Crippen LogP contribution < -0.4 is 16.2 Å². The molecule has 0 radical (unpaired) electrons. The molecule has 1 aliphatic heterocycles. The molecule has 0 saturated carbocycles. The molecule has 28 heavy (non-hydrogen) atoms. The minimum Gasteiger partial charge on any atom is -0.494 e. The molecule has 4 rings (SSSR count). The van der Waals surface area contributed by atoms with Crippen LogP contribution in [-0.2, 0) is 13.0 Å². The van der Waals surface area contributed by atoms with Crippen molar-refractivity contribution in [2.24, 2.45) is 5.92 Å². The highest BCUT2D eigenvalue weighted by atomic mass is 16.5. The van der Waals surface area contributed by atoms with Crippen molar-refractivity contribution in [1.29, 1.82) is 0 Å². The number of H-pyrrole nitrogens is 1. The maximum Gasteiger partial charge on any atom is 0.328 e. The van der Waals surface area contributed by atoms with E-state index in [1.807, 2.05) is 24.3 Å². The Morgan fingerprint density at radius 3 is 3.04 bits per heavy atom. The summed E-state index contributed by atoms with van der Waals surface area (Å²) in [6.45, 7) is 1.08. The molecule has 0 amide bonds. The molecule has 1 unspecified atom stereocenters. The van der Waals surface area contributed by atoms with Gasteiger partial charge in [0.15, 0.2) is 11.5 Å². The zero-order chi connectivity index (χ0) is 19.5. The van der Waals surface area contributed by atoms with Gasteiger partial charge in [0.2, 0.25) is 0 Å². The van der Waals surface area contributed by atoms with E-state index in [-0.39, 0.29) is 24.0 Å². The second kappa shape index (κ2) is 8.02. The number of imidazole rings is 1. The van der Waals surface area contributed by atoms with Gasteiger partial charge in [-0.3, -0.25) is 4.57 Å². The summed E-state index contributed by atoms with van der Waals surface area (Å²) in [7, 11) is 0. The number of benzene rings is 1. The summed E-state index contributed by atoms with van der Waals surface area (Å²) < 4.78 is 7.42. The van der Waals surface area contributed by atoms with Gasteiger partial charge in [0.25, 0.3) is 0 Å². The lowest BCUT2D eigenvalue weighted by Gasteiger charge is -2.14. The molecule has 4 N–H and O–H groups in total. The number of aromatic nitrogens is 4. The first-order chi connectivity index (χ1) is 13.6. The van der Waals surface area contributed by atoms with Gasteiger partial charge in [-0.2, -0.15) is 0 Å². The van der Waals surface area contributed by atoms with Crippen LogP contribution in [0.25, 0.3) is 11.2 Å². The van der Waals surface area contributed by atoms with Crippen LogP contribution in [0.1, 0.15) is 37.1 Å². The van der Waals surface area contributed by atoms with Gasteiger partial charge in [-0.25, -0.2) is 14.8 Å². The van der Waals surface area contributed by atoms with Gasteiger partial charge >= 0.3 is 5.69 Å². The topological polar surface area (TPSA) is 119 Å². The van der Waals surface area contributed by atoms with Gasteiger partial charge in [0, 0.05) is 13.0 Å². The molecule has 0 aliphatic carbocycles. The van der Waals surface area contributed by atoms with Crippen molar-refractivity contribution in [3.8, 4) is 5.75 Å². The van der Waals surface area contributed by atoms with Gasteiger partial charge < -0.3 is 20.6 Å². The molecular weight excluding hydrogens is 358 g/mol. The third kappa shape index (κ3) is 3.87. The lowest BCUT2D eigenvalue weighted by molar-refractivity contribution is 0.211. The minimum atomic E-state index is -0.278. The molecule has 0 spiro atoms. The van der Waals surface area contributed by atoms with Crippen LogP contribution in [0.4, 0.5) is 5.82 Å². The van der Waals surface area contributed by atoms with Crippen LogP contribution >= 0.6 is 0 Å². The van der Waals surface area contributed by atoms with Gasteiger partial charge in [0.05, 0.1) is 13.2 Å². The fraction of sp³-hybridized carbons (Fsp3) is 0.450. The molecular formula is C20H25N5O3. The number of nitrogens with one attached hydrogen (secondary N) is 1. The fourth-order valence-electron chi connectivity index (χ4n) is 3.67. The maximum atomic E-state index is 12.5. The highest BCUT2D eigenvalue weighted by Gasteiger charge is 2.17. The number of nitrogen functional groups attached to an aromatic ring is 1. The predicted octanol–water partition coefficient (Wildman–Crippen LogP) is 1.85. The molecule has 4 bridgehead atoms. The molecule has 8 nitrogen and oxygen atoms in total. The quantitative estimate of drug-likeness (QED) is 0.590. The molecule has 148 valence electrons. The molecule has 0 fully saturated rings. The number of nitrogens with two attached hydrogens (primary N) is 1. The largest absolute Gasteiger partial charge is 0.494 e. The SMILES string of the molecule is Nc1nc2nc3c1[nH]c(=O)n3Cc1cccc(c1)OCCCCCC(CO)C2. The summed E-state index contributed by atoms with van der Waals surface area (Å²) in [5.41, 5.74) is 7.69. The first-order valence-corrected chi connectivity index (χ1v) is 9.71. The van der Waals surface area contributed by atoms with E-state index >= 15 is 0 Å². The van der Waals surface area contributed by atoms with Crippen molar-refractivity contribution in [2.75, 3.05) is 18.9 Å². The van der Waals surface area contributed by atoms with Crippen LogP contribution in [-0.4, -0.2) is 37.8 Å². The van der Waals surface area contributed by atoms with E-state index in [1.54, 1.807) is 4.57 Å². The zero-order valence-corrected chi connectivity index (χ0v) is 15.7. The maximum absolute atomic E-state index is 12.5. The standard InChI is InChI=1S/C20H25N5O3/c21-18-17-19-23-16(22-18)10-14(12-26)5-2-1-3-8-28-15-7-4-6-13(9-15)11-25(19)20(27)24-17/h4,6-7,9,14,26H,1-3,5,8,10-12H2,(H,24,27)(H2,21,22,23). The highest BCUT2D eigenvalue weighted by molar-refractivity contribution is 5.81. The van der Waals surface area contributed by atoms with E-state index in [4.69, 9.17) is 10.5 Å². The Morgan fingerprint density at radius 1 is 1.29 bits per heavy atom. The number of hydrogen-bond donors (Lipinski definition) is 3. The Bertz CT molecular complexity index is 1030. The number of ether oxygens (including phenoxy) is 1. The molecule has 3 aromatic rings. The third-order valence-electron chi connectivity index (χ3n) is 5.19. The Morgan fingerprint density at radius 2 is 2.18 bits per heavy atom. The summed E-state index contributed by atoms with van der Waals surface area (Å²) in [5.74, 6) is 1.67. The summed E-state index contributed by atoms with van der Waals surface area (Å²) in [6.07, 6.45) is 4.41. The predicted molar refractivity (Wildman–Crippen MR) is 106 cm³/mol. The van der Waals surface area contributed by atoms with E-state index in [2.05, 4.69) is 15.0 Å². The van der Waals surface area contributed by atoms with E-state index in [0.717, 1.165) is 37.0 Å². The van der Waals surface area contributed by atoms with Gasteiger partial charge in [-0.05, 0) is 36.5 Å². The molecule has 0 saturated heterocycles. The van der Waals surface area contributed by atoms with Crippen molar-refractivity contribution in [2.45, 2.75) is 38.6 Å². The number of fused-ring (bicyclic) bond motifs is 3. The summed E-state index contributed by atoms with van der Waals surface area (Å²) in [6, 6.07) is 7.75. The number of hydrogen-bond acceptors (Lipinski definition) is 6. The van der Waals surface area contributed by atoms with Crippen molar-refractivity contribution >= 4 is 17.0 Å². The third-order valence-corrected chi connectivity index (χ3v) is 5.19. The molecule has 1 atom stereocenters. The lowest BCUT2D eigenvalue weighted by atomic mass is 9.98. The molecule has 1 aliphatic rings.